The molecule has 0 bridgehead atoms. The van der Waals surface area contributed by atoms with Gasteiger partial charge in [0.15, 0.2) is 11.6 Å². The van der Waals surface area contributed by atoms with Crippen molar-refractivity contribution in [2.45, 2.75) is 19.8 Å². The number of hydrogen-bond donors (Lipinski definition) is 2. The van der Waals surface area contributed by atoms with Gasteiger partial charge in [0.2, 0.25) is 0 Å². The molecule has 0 aliphatic heterocycles. The molecule has 4 heteroatoms. The first-order valence-electron chi connectivity index (χ1n) is 5.56. The van der Waals surface area contributed by atoms with Gasteiger partial charge in [0.25, 0.3) is 0 Å². The summed E-state index contributed by atoms with van der Waals surface area (Å²) >= 11 is 0. The van der Waals surface area contributed by atoms with Crippen LogP contribution in [0.5, 0.6) is 0 Å². The molecule has 1 aromatic rings. The topological polar surface area (TPSA) is 38.0 Å². The Morgan fingerprint density at radius 3 is 2.44 bits per heavy atom. The summed E-state index contributed by atoms with van der Waals surface area (Å²) < 4.78 is 26.8. The van der Waals surface area contributed by atoms with Crippen LogP contribution in [0.15, 0.2) is 12.1 Å². The minimum atomic E-state index is -0.625. The number of halogens is 2. The minimum Gasteiger partial charge on any atom is -0.399 e. The fourth-order valence-electron chi connectivity index (χ4n) is 1.86. The highest BCUT2D eigenvalue weighted by Gasteiger charge is 2.27. The zero-order chi connectivity index (χ0) is 11.7. The largest absolute Gasteiger partial charge is 0.399 e. The maximum Gasteiger partial charge on any atom is 0.151 e. The summed E-state index contributed by atoms with van der Waals surface area (Å²) in [6, 6.07) is 2.26. The van der Waals surface area contributed by atoms with Crippen LogP contribution >= 0.6 is 0 Å². The predicted molar refractivity (Wildman–Crippen MR) is 61.1 cm³/mol. The van der Waals surface area contributed by atoms with Crippen LogP contribution in [-0.2, 0) is 0 Å². The van der Waals surface area contributed by atoms with E-state index in [1.165, 1.54) is 12.8 Å². The van der Waals surface area contributed by atoms with Crippen molar-refractivity contribution in [2.75, 3.05) is 17.6 Å². The van der Waals surface area contributed by atoms with Gasteiger partial charge in [-0.05, 0) is 36.8 Å². The molecule has 0 amide bonds. The number of nitrogens with one attached hydrogen (secondary N) is 1. The Bertz CT molecular complexity index is 366. The van der Waals surface area contributed by atoms with Crippen molar-refractivity contribution < 1.29 is 8.78 Å². The van der Waals surface area contributed by atoms with Gasteiger partial charge in [-0.3, -0.25) is 0 Å². The molecule has 0 saturated heterocycles. The smallest absolute Gasteiger partial charge is 0.151 e. The summed E-state index contributed by atoms with van der Waals surface area (Å²) in [6.45, 7) is 2.69. The van der Waals surface area contributed by atoms with Gasteiger partial charge in [0.05, 0.1) is 0 Å². The third-order valence-corrected chi connectivity index (χ3v) is 3.09. The summed E-state index contributed by atoms with van der Waals surface area (Å²) in [6.07, 6.45) is 2.46. The average molecular weight is 226 g/mol. The van der Waals surface area contributed by atoms with Crippen molar-refractivity contribution in [2.24, 2.45) is 11.8 Å². The minimum absolute atomic E-state index is 0.0679. The zero-order valence-corrected chi connectivity index (χ0v) is 9.26. The second-order valence-corrected chi connectivity index (χ2v) is 4.56. The van der Waals surface area contributed by atoms with Crippen molar-refractivity contribution >= 4 is 11.4 Å². The number of benzene rings is 1. The molecule has 1 aliphatic rings. The third kappa shape index (κ3) is 2.43. The molecule has 0 aromatic heterocycles. The van der Waals surface area contributed by atoms with Crippen molar-refractivity contribution in [1.29, 1.82) is 0 Å². The molecule has 1 saturated carbocycles. The second kappa shape index (κ2) is 4.28. The Morgan fingerprint density at radius 2 is 1.94 bits per heavy atom. The van der Waals surface area contributed by atoms with Crippen LogP contribution in [0.4, 0.5) is 20.2 Å². The van der Waals surface area contributed by atoms with Gasteiger partial charge in [0, 0.05) is 12.2 Å². The zero-order valence-electron chi connectivity index (χ0n) is 9.26. The monoisotopic (exact) mass is 226 g/mol. The lowest BCUT2D eigenvalue weighted by Gasteiger charge is -2.14. The molecule has 1 aliphatic carbocycles. The van der Waals surface area contributed by atoms with Crippen molar-refractivity contribution in [3.05, 3.63) is 23.8 Å². The van der Waals surface area contributed by atoms with Gasteiger partial charge in [-0.25, -0.2) is 8.78 Å². The van der Waals surface area contributed by atoms with E-state index in [1.807, 2.05) is 0 Å². The molecule has 1 unspecified atom stereocenters. The van der Waals surface area contributed by atoms with E-state index in [-0.39, 0.29) is 11.4 Å². The number of nitrogen functional groups attached to an aromatic ring is 1. The molecule has 0 heterocycles. The summed E-state index contributed by atoms with van der Waals surface area (Å²) in [5.74, 6) is -0.0789. The highest BCUT2D eigenvalue weighted by atomic mass is 19.1. The molecule has 1 atom stereocenters. The lowest BCUT2D eigenvalue weighted by atomic mass is 10.1. The van der Waals surface area contributed by atoms with Crippen molar-refractivity contribution in [3.8, 4) is 0 Å². The van der Waals surface area contributed by atoms with Crippen molar-refractivity contribution in [3.63, 3.8) is 0 Å². The predicted octanol–water partition coefficient (Wildman–Crippen LogP) is 3.01. The fraction of sp³-hybridized carbons (Fsp3) is 0.500. The van der Waals surface area contributed by atoms with Crippen LogP contribution in [0.3, 0.4) is 0 Å². The molecule has 1 aromatic carbocycles. The molecule has 0 radical (unpaired) electrons. The SMILES string of the molecule is CC(CNc1c(F)cc(N)cc1F)C1CC1. The molecule has 2 rings (SSSR count). The standard InChI is InChI=1S/C12H16F2N2/c1-7(8-2-3-8)6-16-12-10(13)4-9(15)5-11(12)14/h4-5,7-8,16H,2-3,6,15H2,1H3. The van der Waals surface area contributed by atoms with Gasteiger partial charge in [-0.2, -0.15) is 0 Å². The van der Waals surface area contributed by atoms with Gasteiger partial charge >= 0.3 is 0 Å². The summed E-state index contributed by atoms with van der Waals surface area (Å²) in [5.41, 5.74) is 5.37. The Balaban J connectivity index is 2.02. The first kappa shape index (κ1) is 11.2. The second-order valence-electron chi connectivity index (χ2n) is 4.56. The molecule has 88 valence electrons. The van der Waals surface area contributed by atoms with Gasteiger partial charge in [0.1, 0.15) is 5.69 Å². The Labute approximate surface area is 93.8 Å². The highest BCUT2D eigenvalue weighted by molar-refractivity contribution is 5.54. The molecular formula is C12H16F2N2. The van der Waals surface area contributed by atoms with Crippen LogP contribution in [-0.4, -0.2) is 6.54 Å². The highest BCUT2D eigenvalue weighted by Crippen LogP contribution is 2.36. The van der Waals surface area contributed by atoms with E-state index in [2.05, 4.69) is 12.2 Å². The van der Waals surface area contributed by atoms with Crippen molar-refractivity contribution in [1.82, 2.24) is 0 Å². The molecule has 1 fully saturated rings. The molecule has 3 N–H and O–H groups in total. The quantitative estimate of drug-likeness (QED) is 0.774. The molecule has 2 nitrogen and oxygen atoms in total. The lowest BCUT2D eigenvalue weighted by molar-refractivity contribution is 0.528. The number of nitrogens with two attached hydrogens (primary N) is 1. The van der Waals surface area contributed by atoms with Gasteiger partial charge in [-0.15, -0.1) is 0 Å². The number of anilines is 2. The van der Waals surface area contributed by atoms with Crippen LogP contribution in [0.1, 0.15) is 19.8 Å². The van der Waals surface area contributed by atoms with Crippen LogP contribution < -0.4 is 11.1 Å². The third-order valence-electron chi connectivity index (χ3n) is 3.09. The number of hydrogen-bond acceptors (Lipinski definition) is 2. The molecule has 0 spiro atoms. The van der Waals surface area contributed by atoms with E-state index in [4.69, 9.17) is 5.73 Å². The Morgan fingerprint density at radius 1 is 1.38 bits per heavy atom. The lowest BCUT2D eigenvalue weighted by Crippen LogP contribution is -2.14. The molecular weight excluding hydrogens is 210 g/mol. The first-order valence-corrected chi connectivity index (χ1v) is 5.56. The summed E-state index contributed by atoms with van der Waals surface area (Å²) in [5, 5.41) is 2.82. The summed E-state index contributed by atoms with van der Waals surface area (Å²) in [4.78, 5) is 0. The van der Waals surface area contributed by atoms with Crippen LogP contribution in [0.25, 0.3) is 0 Å². The van der Waals surface area contributed by atoms with Crippen LogP contribution in [0, 0.1) is 23.5 Å². The Hall–Kier alpha value is -1.32. The fourth-order valence-corrected chi connectivity index (χ4v) is 1.86. The Kier molecular flexibility index (Phi) is 2.99. The van der Waals surface area contributed by atoms with E-state index in [0.29, 0.717) is 18.4 Å². The van der Waals surface area contributed by atoms with E-state index < -0.39 is 11.6 Å². The maximum atomic E-state index is 13.4. The molecule has 16 heavy (non-hydrogen) atoms. The average Bonchev–Trinajstić information content (AvgIpc) is 2.98. The van der Waals surface area contributed by atoms with Gasteiger partial charge < -0.3 is 11.1 Å². The van der Waals surface area contributed by atoms with E-state index in [0.717, 1.165) is 12.1 Å². The van der Waals surface area contributed by atoms with Gasteiger partial charge in [-0.1, -0.05) is 6.92 Å². The maximum absolute atomic E-state index is 13.4. The van der Waals surface area contributed by atoms with E-state index >= 15 is 0 Å². The van der Waals surface area contributed by atoms with E-state index in [9.17, 15) is 8.78 Å². The van der Waals surface area contributed by atoms with E-state index in [1.54, 1.807) is 0 Å². The first-order chi connectivity index (χ1) is 7.58. The summed E-state index contributed by atoms with van der Waals surface area (Å²) in [7, 11) is 0. The number of rotatable bonds is 4. The van der Waals surface area contributed by atoms with Crippen LogP contribution in [0.2, 0.25) is 0 Å². The normalized spacial score (nSPS) is 17.2.